The summed E-state index contributed by atoms with van der Waals surface area (Å²) < 4.78 is 36.5. The van der Waals surface area contributed by atoms with E-state index in [-0.39, 0.29) is 18.1 Å². The van der Waals surface area contributed by atoms with E-state index in [0.29, 0.717) is 16.4 Å². The molecular weight excluding hydrogens is 333 g/mol. The third-order valence-electron chi connectivity index (χ3n) is 2.63. The van der Waals surface area contributed by atoms with Crippen molar-refractivity contribution in [3.8, 4) is 11.3 Å². The summed E-state index contributed by atoms with van der Waals surface area (Å²) in [6, 6.07) is 5.68. The molecule has 0 radical (unpaired) electrons. The van der Waals surface area contributed by atoms with Crippen LogP contribution in [0.3, 0.4) is 0 Å². The maximum absolute atomic E-state index is 12.2. The molecule has 10 heteroatoms. The first-order valence-corrected chi connectivity index (χ1v) is 7.11. The second-order valence-corrected chi connectivity index (χ2v) is 5.18. The fourth-order valence-electron chi connectivity index (χ4n) is 1.56. The number of carbonyl (C=O) groups excluding carboxylic acids is 2. The van der Waals surface area contributed by atoms with Crippen LogP contribution in [0.15, 0.2) is 29.6 Å². The average molecular weight is 344 g/mol. The molecule has 0 aliphatic heterocycles. The van der Waals surface area contributed by atoms with Crippen LogP contribution in [0.25, 0.3) is 11.3 Å². The summed E-state index contributed by atoms with van der Waals surface area (Å²) in [5.74, 6) is -2.41. The number of rotatable bonds is 4. The van der Waals surface area contributed by atoms with E-state index in [1.807, 2.05) is 0 Å². The summed E-state index contributed by atoms with van der Waals surface area (Å²) in [6.07, 6.45) is -4.94. The number of halogens is 3. The predicted molar refractivity (Wildman–Crippen MR) is 79.9 cm³/mol. The highest BCUT2D eigenvalue weighted by Gasteiger charge is 2.38. The Balaban J connectivity index is 2.08. The minimum Gasteiger partial charge on any atom is -0.322 e. The number of carbonyl (C=O) groups is 2. The molecule has 1 aromatic heterocycles. The Hall–Kier alpha value is -2.46. The Morgan fingerprint density at radius 3 is 2.39 bits per heavy atom. The van der Waals surface area contributed by atoms with Gasteiger partial charge < -0.3 is 16.4 Å². The Morgan fingerprint density at radius 1 is 1.17 bits per heavy atom. The third-order valence-corrected chi connectivity index (χ3v) is 3.39. The number of nitrogens with one attached hydrogen (secondary N) is 2. The Labute approximate surface area is 132 Å². The fourth-order valence-corrected chi connectivity index (χ4v) is 2.30. The summed E-state index contributed by atoms with van der Waals surface area (Å²) in [5, 5.41) is 6.29. The molecule has 6 nitrogen and oxygen atoms in total. The fraction of sp³-hybridized carbons (Fsp3) is 0.154. The van der Waals surface area contributed by atoms with Crippen molar-refractivity contribution < 1.29 is 22.8 Å². The van der Waals surface area contributed by atoms with Gasteiger partial charge in [-0.2, -0.15) is 13.2 Å². The van der Waals surface area contributed by atoms with Crippen LogP contribution in [-0.4, -0.2) is 29.5 Å². The zero-order valence-electron chi connectivity index (χ0n) is 11.5. The largest absolute Gasteiger partial charge is 0.471 e. The lowest BCUT2D eigenvalue weighted by atomic mass is 10.1. The Kier molecular flexibility index (Phi) is 4.96. The minimum atomic E-state index is -4.94. The first kappa shape index (κ1) is 16.9. The van der Waals surface area contributed by atoms with Gasteiger partial charge in [-0.3, -0.25) is 9.59 Å². The number of hydrogen-bond acceptors (Lipinski definition) is 5. The first-order valence-electron chi connectivity index (χ1n) is 6.23. The number of nitrogens with zero attached hydrogens (tertiary/aromatic N) is 1. The van der Waals surface area contributed by atoms with Crippen molar-refractivity contribution in [3.05, 3.63) is 29.6 Å². The lowest BCUT2D eigenvalue weighted by Crippen LogP contribution is -2.29. The Morgan fingerprint density at radius 2 is 1.83 bits per heavy atom. The number of hydrogen-bond donors (Lipinski definition) is 3. The van der Waals surface area contributed by atoms with Crippen molar-refractivity contribution >= 4 is 34.0 Å². The van der Waals surface area contributed by atoms with Gasteiger partial charge in [-0.25, -0.2) is 4.98 Å². The van der Waals surface area contributed by atoms with Gasteiger partial charge in [0.05, 0.1) is 12.2 Å². The van der Waals surface area contributed by atoms with Crippen LogP contribution in [0.4, 0.5) is 24.0 Å². The van der Waals surface area contributed by atoms with E-state index in [0.717, 1.165) is 0 Å². The number of nitrogens with two attached hydrogens (primary N) is 1. The van der Waals surface area contributed by atoms with E-state index in [2.05, 4.69) is 10.3 Å². The summed E-state index contributed by atoms with van der Waals surface area (Å²) >= 11 is 1.19. The van der Waals surface area contributed by atoms with Crippen molar-refractivity contribution in [2.45, 2.75) is 6.18 Å². The van der Waals surface area contributed by atoms with Gasteiger partial charge in [-0.05, 0) is 12.1 Å². The molecule has 0 bridgehead atoms. The molecule has 122 valence electrons. The quantitative estimate of drug-likeness (QED) is 0.792. The number of alkyl halides is 3. The molecule has 23 heavy (non-hydrogen) atoms. The normalized spacial score (nSPS) is 11.1. The predicted octanol–water partition coefficient (Wildman–Crippen LogP) is 2.21. The van der Waals surface area contributed by atoms with Crippen molar-refractivity contribution in [2.24, 2.45) is 5.73 Å². The second-order valence-electron chi connectivity index (χ2n) is 4.32. The summed E-state index contributed by atoms with van der Waals surface area (Å²) in [5.41, 5.74) is 6.35. The van der Waals surface area contributed by atoms with Crippen LogP contribution in [0.1, 0.15) is 0 Å². The molecule has 0 aliphatic carbocycles. The van der Waals surface area contributed by atoms with E-state index in [9.17, 15) is 22.8 Å². The van der Waals surface area contributed by atoms with Crippen LogP contribution in [0.5, 0.6) is 0 Å². The molecule has 0 saturated carbocycles. The molecule has 4 N–H and O–H groups in total. The molecule has 2 rings (SSSR count). The van der Waals surface area contributed by atoms with Crippen molar-refractivity contribution in [1.82, 2.24) is 4.98 Å². The van der Waals surface area contributed by atoms with Crippen LogP contribution in [0, 0.1) is 0 Å². The van der Waals surface area contributed by atoms with Crippen molar-refractivity contribution in [2.75, 3.05) is 17.2 Å². The molecule has 0 aliphatic rings. The molecule has 2 amide bonds. The molecule has 2 aromatic rings. The number of thiazole rings is 1. The molecule has 1 heterocycles. The van der Waals surface area contributed by atoms with E-state index in [1.165, 1.54) is 35.6 Å². The highest BCUT2D eigenvalue weighted by atomic mass is 32.1. The van der Waals surface area contributed by atoms with Crippen LogP contribution in [0.2, 0.25) is 0 Å². The van der Waals surface area contributed by atoms with E-state index in [4.69, 9.17) is 5.73 Å². The van der Waals surface area contributed by atoms with Gasteiger partial charge in [0, 0.05) is 16.6 Å². The van der Waals surface area contributed by atoms with Crippen LogP contribution >= 0.6 is 11.3 Å². The highest BCUT2D eigenvalue weighted by molar-refractivity contribution is 7.14. The zero-order valence-corrected chi connectivity index (χ0v) is 12.3. The van der Waals surface area contributed by atoms with Gasteiger partial charge >= 0.3 is 12.1 Å². The topological polar surface area (TPSA) is 97.1 Å². The molecule has 0 atom stereocenters. The first-order chi connectivity index (χ1) is 10.8. The van der Waals surface area contributed by atoms with Crippen molar-refractivity contribution in [1.29, 1.82) is 0 Å². The van der Waals surface area contributed by atoms with E-state index < -0.39 is 12.1 Å². The minimum absolute atomic E-state index is 0.0166. The number of amides is 2. The summed E-state index contributed by atoms with van der Waals surface area (Å²) in [4.78, 5) is 26.1. The average Bonchev–Trinajstić information content (AvgIpc) is 2.95. The lowest BCUT2D eigenvalue weighted by Gasteiger charge is -2.08. The lowest BCUT2D eigenvalue weighted by molar-refractivity contribution is -0.167. The monoisotopic (exact) mass is 344 g/mol. The van der Waals surface area contributed by atoms with Gasteiger partial charge in [0.15, 0.2) is 5.13 Å². The maximum Gasteiger partial charge on any atom is 0.471 e. The van der Waals surface area contributed by atoms with Gasteiger partial charge in [0.1, 0.15) is 0 Å². The van der Waals surface area contributed by atoms with Crippen LogP contribution < -0.4 is 16.4 Å². The van der Waals surface area contributed by atoms with Gasteiger partial charge in [-0.15, -0.1) is 11.3 Å². The molecule has 0 spiro atoms. The highest BCUT2D eigenvalue weighted by Crippen LogP contribution is 2.26. The third kappa shape index (κ3) is 4.50. The van der Waals surface area contributed by atoms with Gasteiger partial charge in [0.25, 0.3) is 0 Å². The molecule has 1 aromatic carbocycles. The van der Waals surface area contributed by atoms with Crippen LogP contribution in [-0.2, 0) is 9.59 Å². The molecule has 0 unspecified atom stereocenters. The Bertz CT molecular complexity index is 713. The van der Waals surface area contributed by atoms with E-state index in [1.54, 1.807) is 10.7 Å². The number of anilines is 2. The number of aromatic nitrogens is 1. The molecule has 0 saturated heterocycles. The van der Waals surface area contributed by atoms with E-state index >= 15 is 0 Å². The van der Waals surface area contributed by atoms with Crippen molar-refractivity contribution in [3.63, 3.8) is 0 Å². The smallest absolute Gasteiger partial charge is 0.322 e. The molecular formula is C13H11F3N4O2S. The second kappa shape index (κ2) is 6.75. The van der Waals surface area contributed by atoms with Gasteiger partial charge in [-0.1, -0.05) is 12.1 Å². The number of benzene rings is 1. The SMILES string of the molecule is NCC(=O)Nc1nc(-c2ccc(NC(=O)C(F)(F)F)cc2)cs1. The molecule has 0 fully saturated rings. The maximum atomic E-state index is 12.2. The zero-order chi connectivity index (χ0) is 17.0. The summed E-state index contributed by atoms with van der Waals surface area (Å²) in [7, 11) is 0. The standard InChI is InChI=1S/C13H11F3N4O2S/c14-13(15,16)11(22)18-8-3-1-7(2-4-8)9-6-23-12(19-9)20-10(21)5-17/h1-4,6H,5,17H2,(H,18,22)(H,19,20,21). The van der Waals surface area contributed by atoms with Gasteiger partial charge in [0.2, 0.25) is 5.91 Å². The summed E-state index contributed by atoms with van der Waals surface area (Å²) in [6.45, 7) is -0.164.